The quantitative estimate of drug-likeness (QED) is 0.753. The molecule has 0 radical (unpaired) electrons. The first-order valence-corrected chi connectivity index (χ1v) is 7.14. The molecule has 0 aromatic carbocycles. The van der Waals surface area contributed by atoms with Crippen LogP contribution in [-0.2, 0) is 4.74 Å². The Morgan fingerprint density at radius 1 is 1.12 bits per heavy atom. The summed E-state index contributed by atoms with van der Waals surface area (Å²) in [4.78, 5) is 0. The van der Waals surface area contributed by atoms with Crippen LogP contribution in [0.15, 0.2) is 0 Å². The number of hydrogen-bond acceptors (Lipinski definition) is 2. The third-order valence-electron chi connectivity index (χ3n) is 4.17. The first-order chi connectivity index (χ1) is 7.84. The van der Waals surface area contributed by atoms with E-state index in [4.69, 9.17) is 4.74 Å². The molecule has 0 bridgehead atoms. The average molecular weight is 226 g/mol. The molecule has 2 fully saturated rings. The molecular weight excluding hydrogens is 200 g/mol. The van der Waals surface area contributed by atoms with E-state index in [1.54, 1.807) is 0 Å². The summed E-state index contributed by atoms with van der Waals surface area (Å²) >= 11 is 0. The van der Waals surface area contributed by atoms with Gasteiger partial charge in [0.1, 0.15) is 0 Å². The van der Waals surface area contributed by atoms with Crippen molar-refractivity contribution in [2.75, 3.05) is 6.61 Å². The molecule has 2 rings (SSSR count). The average Bonchev–Trinajstić information content (AvgIpc) is 2.90. The minimum Gasteiger partial charge on any atom is -0.393 e. The summed E-state index contributed by atoms with van der Waals surface area (Å²) in [6.45, 7) is 0.954. The predicted molar refractivity (Wildman–Crippen MR) is 65.4 cm³/mol. The highest BCUT2D eigenvalue weighted by Gasteiger charge is 2.19. The highest BCUT2D eigenvalue weighted by Crippen LogP contribution is 2.29. The van der Waals surface area contributed by atoms with Crippen LogP contribution in [0, 0.1) is 5.92 Å². The van der Waals surface area contributed by atoms with E-state index >= 15 is 0 Å². The van der Waals surface area contributed by atoms with Crippen LogP contribution < -0.4 is 0 Å². The molecule has 1 heterocycles. The number of aliphatic hydroxyl groups excluding tert-OH is 1. The molecule has 0 aromatic rings. The van der Waals surface area contributed by atoms with Crippen LogP contribution in [-0.4, -0.2) is 23.9 Å². The van der Waals surface area contributed by atoms with Crippen molar-refractivity contribution in [2.24, 2.45) is 5.92 Å². The van der Waals surface area contributed by atoms with Crippen molar-refractivity contribution < 1.29 is 9.84 Å². The van der Waals surface area contributed by atoms with E-state index in [0.717, 1.165) is 38.2 Å². The minimum atomic E-state index is -0.0514. The summed E-state index contributed by atoms with van der Waals surface area (Å²) < 4.78 is 5.59. The molecule has 0 amide bonds. The smallest absolute Gasteiger partial charge is 0.0576 e. The monoisotopic (exact) mass is 226 g/mol. The molecule has 2 unspecified atom stereocenters. The van der Waals surface area contributed by atoms with Crippen molar-refractivity contribution in [3.05, 3.63) is 0 Å². The first kappa shape index (κ1) is 12.4. The van der Waals surface area contributed by atoms with Gasteiger partial charge < -0.3 is 9.84 Å². The number of aliphatic hydroxyl groups is 1. The van der Waals surface area contributed by atoms with Crippen LogP contribution >= 0.6 is 0 Å². The zero-order chi connectivity index (χ0) is 11.2. The Morgan fingerprint density at radius 3 is 2.62 bits per heavy atom. The zero-order valence-electron chi connectivity index (χ0n) is 10.4. The van der Waals surface area contributed by atoms with E-state index in [-0.39, 0.29) is 6.10 Å². The van der Waals surface area contributed by atoms with E-state index in [2.05, 4.69) is 0 Å². The molecule has 94 valence electrons. The SMILES string of the molecule is OC(CCCC1CCCO1)CC1CCCC1. The van der Waals surface area contributed by atoms with Gasteiger partial charge in [0.15, 0.2) is 0 Å². The van der Waals surface area contributed by atoms with Crippen molar-refractivity contribution in [1.82, 2.24) is 0 Å². The molecule has 1 aliphatic heterocycles. The lowest BCUT2D eigenvalue weighted by Gasteiger charge is -2.16. The highest BCUT2D eigenvalue weighted by atomic mass is 16.5. The van der Waals surface area contributed by atoms with Gasteiger partial charge in [0.05, 0.1) is 12.2 Å². The predicted octanol–water partition coefficient (Wildman–Crippen LogP) is 3.28. The van der Waals surface area contributed by atoms with Crippen molar-refractivity contribution in [1.29, 1.82) is 0 Å². The van der Waals surface area contributed by atoms with Crippen LogP contribution in [0.1, 0.15) is 64.2 Å². The maximum atomic E-state index is 9.94. The Bertz CT molecular complexity index is 181. The topological polar surface area (TPSA) is 29.5 Å². The van der Waals surface area contributed by atoms with Gasteiger partial charge in [-0.3, -0.25) is 0 Å². The number of ether oxygens (including phenoxy) is 1. The molecule has 2 aliphatic rings. The molecule has 2 nitrogen and oxygen atoms in total. The van der Waals surface area contributed by atoms with E-state index in [1.807, 2.05) is 0 Å². The second kappa shape index (κ2) is 6.61. The Balaban J connectivity index is 1.51. The summed E-state index contributed by atoms with van der Waals surface area (Å²) in [5.41, 5.74) is 0. The minimum absolute atomic E-state index is 0.0514. The van der Waals surface area contributed by atoms with Gasteiger partial charge in [0.25, 0.3) is 0 Å². The summed E-state index contributed by atoms with van der Waals surface area (Å²) in [7, 11) is 0. The van der Waals surface area contributed by atoms with Gasteiger partial charge >= 0.3 is 0 Å². The summed E-state index contributed by atoms with van der Waals surface area (Å²) in [6, 6.07) is 0. The maximum absolute atomic E-state index is 9.94. The van der Waals surface area contributed by atoms with E-state index < -0.39 is 0 Å². The lowest BCUT2D eigenvalue weighted by molar-refractivity contribution is 0.0900. The fraction of sp³-hybridized carbons (Fsp3) is 1.00. The Morgan fingerprint density at radius 2 is 1.94 bits per heavy atom. The molecule has 0 spiro atoms. The van der Waals surface area contributed by atoms with Crippen molar-refractivity contribution in [2.45, 2.75) is 76.4 Å². The van der Waals surface area contributed by atoms with Crippen molar-refractivity contribution >= 4 is 0 Å². The third-order valence-corrected chi connectivity index (χ3v) is 4.17. The Labute approximate surface area is 99.4 Å². The van der Waals surface area contributed by atoms with Gasteiger partial charge in [-0.25, -0.2) is 0 Å². The van der Waals surface area contributed by atoms with Crippen molar-refractivity contribution in [3.63, 3.8) is 0 Å². The zero-order valence-corrected chi connectivity index (χ0v) is 10.4. The second-order valence-corrected chi connectivity index (χ2v) is 5.61. The lowest BCUT2D eigenvalue weighted by atomic mass is 9.96. The van der Waals surface area contributed by atoms with Crippen LogP contribution in [0.3, 0.4) is 0 Å². The maximum Gasteiger partial charge on any atom is 0.0576 e. The molecule has 1 aliphatic carbocycles. The third kappa shape index (κ3) is 4.06. The first-order valence-electron chi connectivity index (χ1n) is 7.14. The van der Waals surface area contributed by atoms with Crippen LogP contribution in [0.4, 0.5) is 0 Å². The molecule has 2 heteroatoms. The molecule has 1 saturated carbocycles. The van der Waals surface area contributed by atoms with Crippen LogP contribution in [0.25, 0.3) is 0 Å². The van der Waals surface area contributed by atoms with Crippen LogP contribution in [0.2, 0.25) is 0 Å². The molecule has 16 heavy (non-hydrogen) atoms. The fourth-order valence-corrected chi connectivity index (χ4v) is 3.20. The van der Waals surface area contributed by atoms with Gasteiger partial charge in [-0.1, -0.05) is 25.7 Å². The summed E-state index contributed by atoms with van der Waals surface area (Å²) in [5.74, 6) is 0.817. The van der Waals surface area contributed by atoms with Gasteiger partial charge in [0, 0.05) is 6.61 Å². The van der Waals surface area contributed by atoms with E-state index in [0.29, 0.717) is 6.10 Å². The highest BCUT2D eigenvalue weighted by molar-refractivity contribution is 4.72. The van der Waals surface area contributed by atoms with Gasteiger partial charge in [-0.15, -0.1) is 0 Å². The number of rotatable bonds is 6. The molecule has 1 saturated heterocycles. The lowest BCUT2D eigenvalue weighted by Crippen LogP contribution is -2.13. The standard InChI is InChI=1S/C14H26O2/c15-13(11-12-5-1-2-6-12)7-3-8-14-9-4-10-16-14/h12-15H,1-11H2. The van der Waals surface area contributed by atoms with Gasteiger partial charge in [-0.2, -0.15) is 0 Å². The molecular formula is C14H26O2. The van der Waals surface area contributed by atoms with E-state index in [9.17, 15) is 5.11 Å². The van der Waals surface area contributed by atoms with Gasteiger partial charge in [0.2, 0.25) is 0 Å². The second-order valence-electron chi connectivity index (χ2n) is 5.61. The largest absolute Gasteiger partial charge is 0.393 e. The van der Waals surface area contributed by atoms with Crippen LogP contribution in [0.5, 0.6) is 0 Å². The van der Waals surface area contributed by atoms with Gasteiger partial charge in [-0.05, 0) is 44.4 Å². The normalized spacial score (nSPS) is 28.7. The summed E-state index contributed by atoms with van der Waals surface area (Å²) in [5, 5.41) is 9.94. The molecule has 1 N–H and O–H groups in total. The Kier molecular flexibility index (Phi) is 5.11. The molecule has 0 aromatic heterocycles. The number of hydrogen-bond donors (Lipinski definition) is 1. The fourth-order valence-electron chi connectivity index (χ4n) is 3.20. The van der Waals surface area contributed by atoms with Crippen molar-refractivity contribution in [3.8, 4) is 0 Å². The Hall–Kier alpha value is -0.0800. The summed E-state index contributed by atoms with van der Waals surface area (Å²) in [6.07, 6.45) is 12.7. The molecule has 2 atom stereocenters. The van der Waals surface area contributed by atoms with E-state index in [1.165, 1.54) is 38.5 Å².